The Labute approximate surface area is 148 Å². The van der Waals surface area contributed by atoms with Crippen LogP contribution in [-0.2, 0) is 11.3 Å². The Bertz CT molecular complexity index is 731. The zero-order chi connectivity index (χ0) is 17.8. The molecule has 1 atom stereocenters. The van der Waals surface area contributed by atoms with Crippen LogP contribution in [0.25, 0.3) is 0 Å². The summed E-state index contributed by atoms with van der Waals surface area (Å²) in [6, 6.07) is 15.5. The van der Waals surface area contributed by atoms with Gasteiger partial charge >= 0.3 is 0 Å². The normalized spacial score (nSPS) is 14.2. The largest absolute Gasteiger partial charge is 0.486 e. The lowest BCUT2D eigenvalue weighted by Crippen LogP contribution is -2.37. The highest BCUT2D eigenvalue weighted by atomic mass is 16.6. The number of amides is 1. The SMILES string of the molecule is CN(C)C(=O)[C@@H](c1ccccc1)N(C)Cc1ccc2c(c1)OCCO2. The Morgan fingerprint density at radius 3 is 2.36 bits per heavy atom. The molecule has 0 unspecified atom stereocenters. The Balaban J connectivity index is 1.83. The first-order valence-corrected chi connectivity index (χ1v) is 8.41. The predicted molar refractivity (Wildman–Crippen MR) is 96.8 cm³/mol. The van der Waals surface area contributed by atoms with Crippen LogP contribution in [-0.4, -0.2) is 50.1 Å². The molecule has 3 rings (SSSR count). The molecule has 132 valence electrons. The molecular formula is C20H24N2O3. The number of ether oxygens (including phenoxy) is 2. The average molecular weight is 340 g/mol. The molecule has 0 fully saturated rings. The lowest BCUT2D eigenvalue weighted by Gasteiger charge is -2.30. The van der Waals surface area contributed by atoms with E-state index in [2.05, 4.69) is 4.90 Å². The fourth-order valence-corrected chi connectivity index (χ4v) is 3.03. The summed E-state index contributed by atoms with van der Waals surface area (Å²) in [5.41, 5.74) is 2.07. The maximum atomic E-state index is 12.7. The number of nitrogens with zero attached hydrogens (tertiary/aromatic N) is 2. The molecule has 5 heteroatoms. The van der Waals surface area contributed by atoms with Crippen molar-refractivity contribution >= 4 is 5.91 Å². The van der Waals surface area contributed by atoms with Crippen LogP contribution in [0.4, 0.5) is 0 Å². The van der Waals surface area contributed by atoms with Crippen molar-refractivity contribution in [1.82, 2.24) is 9.80 Å². The number of fused-ring (bicyclic) bond motifs is 1. The predicted octanol–water partition coefficient (Wildman–Crippen LogP) is 2.72. The molecule has 0 saturated heterocycles. The van der Waals surface area contributed by atoms with E-state index >= 15 is 0 Å². The van der Waals surface area contributed by atoms with Crippen molar-refractivity contribution in [2.45, 2.75) is 12.6 Å². The number of rotatable bonds is 5. The third-order valence-corrected chi connectivity index (χ3v) is 4.27. The second-order valence-corrected chi connectivity index (χ2v) is 6.44. The Morgan fingerprint density at radius 1 is 1.00 bits per heavy atom. The van der Waals surface area contributed by atoms with E-state index in [1.165, 1.54) is 0 Å². The van der Waals surface area contributed by atoms with Gasteiger partial charge in [0.1, 0.15) is 19.3 Å². The van der Waals surface area contributed by atoms with Gasteiger partial charge in [-0.25, -0.2) is 0 Å². The second-order valence-electron chi connectivity index (χ2n) is 6.44. The maximum absolute atomic E-state index is 12.7. The minimum atomic E-state index is -0.329. The highest BCUT2D eigenvalue weighted by Crippen LogP contribution is 2.32. The lowest BCUT2D eigenvalue weighted by atomic mass is 10.0. The third-order valence-electron chi connectivity index (χ3n) is 4.27. The van der Waals surface area contributed by atoms with Gasteiger partial charge in [-0.1, -0.05) is 36.4 Å². The number of likely N-dealkylation sites (N-methyl/N-ethyl adjacent to an activating group) is 2. The van der Waals surface area contributed by atoms with Crippen molar-refractivity contribution < 1.29 is 14.3 Å². The van der Waals surface area contributed by atoms with Gasteiger partial charge in [0.2, 0.25) is 5.91 Å². The standard InChI is InChI=1S/C20H24N2O3/c1-21(2)20(23)19(16-7-5-4-6-8-16)22(3)14-15-9-10-17-18(13-15)25-12-11-24-17/h4-10,13,19H,11-12,14H2,1-3H3/t19-/m1/s1. The van der Waals surface area contributed by atoms with Crippen LogP contribution in [0.15, 0.2) is 48.5 Å². The number of hydrogen-bond donors (Lipinski definition) is 0. The molecule has 2 aromatic carbocycles. The fraction of sp³-hybridized carbons (Fsp3) is 0.350. The van der Waals surface area contributed by atoms with E-state index in [4.69, 9.17) is 9.47 Å². The molecule has 0 saturated carbocycles. The summed E-state index contributed by atoms with van der Waals surface area (Å²) in [5, 5.41) is 0. The highest BCUT2D eigenvalue weighted by molar-refractivity contribution is 5.82. The Kier molecular flexibility index (Phi) is 5.24. The average Bonchev–Trinajstić information content (AvgIpc) is 2.62. The topological polar surface area (TPSA) is 42.0 Å². The van der Waals surface area contributed by atoms with Crippen LogP contribution in [0.5, 0.6) is 11.5 Å². The smallest absolute Gasteiger partial charge is 0.244 e. The van der Waals surface area contributed by atoms with Gasteiger partial charge in [-0.05, 0) is 30.3 Å². The van der Waals surface area contributed by atoms with Crippen molar-refractivity contribution in [3.8, 4) is 11.5 Å². The van der Waals surface area contributed by atoms with E-state index in [0.717, 1.165) is 22.6 Å². The summed E-state index contributed by atoms with van der Waals surface area (Å²) in [6.45, 7) is 1.79. The zero-order valence-corrected chi connectivity index (χ0v) is 14.9. The summed E-state index contributed by atoms with van der Waals surface area (Å²) in [5.74, 6) is 1.61. The molecule has 0 spiro atoms. The van der Waals surface area contributed by atoms with Crippen molar-refractivity contribution in [3.63, 3.8) is 0 Å². The number of benzene rings is 2. The van der Waals surface area contributed by atoms with E-state index in [0.29, 0.717) is 19.8 Å². The minimum Gasteiger partial charge on any atom is -0.486 e. The first-order chi connectivity index (χ1) is 12.1. The molecule has 0 N–H and O–H groups in total. The molecule has 25 heavy (non-hydrogen) atoms. The summed E-state index contributed by atoms with van der Waals surface area (Å²) < 4.78 is 11.2. The first kappa shape index (κ1) is 17.3. The van der Waals surface area contributed by atoms with Crippen molar-refractivity contribution in [1.29, 1.82) is 0 Å². The maximum Gasteiger partial charge on any atom is 0.244 e. The van der Waals surface area contributed by atoms with Crippen LogP contribution < -0.4 is 9.47 Å². The summed E-state index contributed by atoms with van der Waals surface area (Å²) in [6.07, 6.45) is 0. The summed E-state index contributed by atoms with van der Waals surface area (Å²) in [7, 11) is 5.54. The molecular weight excluding hydrogens is 316 g/mol. The van der Waals surface area contributed by atoms with Gasteiger partial charge in [-0.15, -0.1) is 0 Å². The van der Waals surface area contributed by atoms with E-state index < -0.39 is 0 Å². The molecule has 1 aliphatic rings. The molecule has 1 heterocycles. The zero-order valence-electron chi connectivity index (χ0n) is 14.9. The van der Waals surface area contributed by atoms with Gasteiger partial charge in [-0.3, -0.25) is 9.69 Å². The highest BCUT2D eigenvalue weighted by Gasteiger charge is 2.26. The summed E-state index contributed by atoms with van der Waals surface area (Å²) >= 11 is 0. The van der Waals surface area contributed by atoms with E-state index in [-0.39, 0.29) is 11.9 Å². The molecule has 0 radical (unpaired) electrons. The lowest BCUT2D eigenvalue weighted by molar-refractivity contribution is -0.134. The van der Waals surface area contributed by atoms with Crippen LogP contribution >= 0.6 is 0 Å². The molecule has 0 aromatic heterocycles. The fourth-order valence-electron chi connectivity index (χ4n) is 3.03. The van der Waals surface area contributed by atoms with Gasteiger partial charge in [0, 0.05) is 20.6 Å². The molecule has 0 aliphatic carbocycles. The number of carbonyl (C=O) groups is 1. The van der Waals surface area contributed by atoms with Gasteiger partial charge in [0.25, 0.3) is 0 Å². The van der Waals surface area contributed by atoms with Gasteiger partial charge in [0.05, 0.1) is 0 Å². The van der Waals surface area contributed by atoms with E-state index in [9.17, 15) is 4.79 Å². The molecule has 1 amide bonds. The van der Waals surface area contributed by atoms with Gasteiger partial charge in [0.15, 0.2) is 11.5 Å². The molecule has 1 aliphatic heterocycles. The monoisotopic (exact) mass is 340 g/mol. The van der Waals surface area contributed by atoms with Crippen molar-refractivity contribution in [2.75, 3.05) is 34.4 Å². The molecule has 0 bridgehead atoms. The third kappa shape index (κ3) is 3.94. The Hall–Kier alpha value is -2.53. The molecule has 5 nitrogen and oxygen atoms in total. The van der Waals surface area contributed by atoms with Crippen LogP contribution in [0.2, 0.25) is 0 Å². The van der Waals surface area contributed by atoms with E-state index in [1.807, 2.05) is 55.6 Å². The second kappa shape index (κ2) is 7.57. The van der Waals surface area contributed by atoms with E-state index in [1.54, 1.807) is 19.0 Å². The van der Waals surface area contributed by atoms with Gasteiger partial charge in [-0.2, -0.15) is 0 Å². The minimum absolute atomic E-state index is 0.0613. The van der Waals surface area contributed by atoms with Crippen molar-refractivity contribution in [3.05, 3.63) is 59.7 Å². The quantitative estimate of drug-likeness (QED) is 0.839. The molecule has 2 aromatic rings. The van der Waals surface area contributed by atoms with Crippen LogP contribution in [0, 0.1) is 0 Å². The number of hydrogen-bond acceptors (Lipinski definition) is 4. The summed E-state index contributed by atoms with van der Waals surface area (Å²) in [4.78, 5) is 16.4. The van der Waals surface area contributed by atoms with Crippen LogP contribution in [0.1, 0.15) is 17.2 Å². The van der Waals surface area contributed by atoms with Crippen LogP contribution in [0.3, 0.4) is 0 Å². The first-order valence-electron chi connectivity index (χ1n) is 8.41. The van der Waals surface area contributed by atoms with Crippen molar-refractivity contribution in [2.24, 2.45) is 0 Å². The number of carbonyl (C=O) groups excluding carboxylic acids is 1. The van der Waals surface area contributed by atoms with Gasteiger partial charge < -0.3 is 14.4 Å². The Morgan fingerprint density at radius 2 is 1.68 bits per heavy atom.